The lowest BCUT2D eigenvalue weighted by atomic mass is 10.0. The number of aromatic nitrogens is 1. The normalized spacial score (nSPS) is 10.9. The van der Waals surface area contributed by atoms with E-state index in [-0.39, 0.29) is 5.75 Å². The predicted molar refractivity (Wildman–Crippen MR) is 91.5 cm³/mol. The molecule has 22 heavy (non-hydrogen) atoms. The molecule has 0 saturated carbocycles. The van der Waals surface area contributed by atoms with Crippen molar-refractivity contribution < 1.29 is 9.63 Å². The van der Waals surface area contributed by atoms with Crippen LogP contribution in [0.2, 0.25) is 10.0 Å². The third-order valence-corrected chi connectivity index (χ3v) is 4.39. The molecule has 3 aromatic rings. The standard InChI is InChI=1S/C16H10BrCl2NO2/c1-8-14(9-2-4-10(18)5-3-9)20-22-16(8)12-6-11(19)7-13(17)15(12)21/h2-7,21H,1H3. The number of phenols is 1. The van der Waals surface area contributed by atoms with E-state index < -0.39 is 0 Å². The Balaban J connectivity index is 2.13. The molecule has 0 saturated heterocycles. The Morgan fingerprint density at radius 2 is 1.77 bits per heavy atom. The van der Waals surface area contributed by atoms with E-state index >= 15 is 0 Å². The summed E-state index contributed by atoms with van der Waals surface area (Å²) in [6.45, 7) is 1.88. The molecule has 6 heteroatoms. The highest BCUT2D eigenvalue weighted by atomic mass is 79.9. The van der Waals surface area contributed by atoms with Gasteiger partial charge in [0.1, 0.15) is 11.4 Å². The molecule has 1 aromatic heterocycles. The number of benzene rings is 2. The van der Waals surface area contributed by atoms with Gasteiger partial charge in [0.05, 0.1) is 10.0 Å². The third kappa shape index (κ3) is 2.74. The SMILES string of the molecule is Cc1c(-c2ccc(Cl)cc2)noc1-c1cc(Cl)cc(Br)c1O. The largest absolute Gasteiger partial charge is 0.506 e. The molecule has 112 valence electrons. The number of aromatic hydroxyl groups is 1. The van der Waals surface area contributed by atoms with Crippen molar-refractivity contribution in [2.24, 2.45) is 0 Å². The summed E-state index contributed by atoms with van der Waals surface area (Å²) >= 11 is 15.2. The summed E-state index contributed by atoms with van der Waals surface area (Å²) in [6.07, 6.45) is 0. The molecule has 0 atom stereocenters. The zero-order valence-electron chi connectivity index (χ0n) is 11.4. The Morgan fingerprint density at radius 1 is 1.09 bits per heavy atom. The first-order valence-corrected chi connectivity index (χ1v) is 7.93. The number of rotatable bonds is 2. The van der Waals surface area contributed by atoms with Gasteiger partial charge in [0.15, 0.2) is 5.76 Å². The van der Waals surface area contributed by atoms with Crippen LogP contribution in [0.4, 0.5) is 0 Å². The van der Waals surface area contributed by atoms with E-state index in [1.807, 2.05) is 19.1 Å². The summed E-state index contributed by atoms with van der Waals surface area (Å²) < 4.78 is 5.93. The topological polar surface area (TPSA) is 46.3 Å². The Bertz CT molecular complexity index is 844. The smallest absolute Gasteiger partial charge is 0.174 e. The predicted octanol–water partition coefficient (Wildman–Crippen LogP) is 6.09. The molecule has 0 aliphatic carbocycles. The van der Waals surface area contributed by atoms with Crippen molar-refractivity contribution >= 4 is 39.1 Å². The van der Waals surface area contributed by atoms with Gasteiger partial charge in [0, 0.05) is 21.2 Å². The monoisotopic (exact) mass is 397 g/mol. The number of hydrogen-bond acceptors (Lipinski definition) is 3. The van der Waals surface area contributed by atoms with Crippen LogP contribution >= 0.6 is 39.1 Å². The minimum absolute atomic E-state index is 0.0614. The number of halogens is 3. The summed E-state index contributed by atoms with van der Waals surface area (Å²) in [5, 5.41) is 15.5. The average molecular weight is 399 g/mol. The van der Waals surface area contributed by atoms with Gasteiger partial charge in [-0.25, -0.2) is 0 Å². The lowest BCUT2D eigenvalue weighted by Crippen LogP contribution is -1.84. The third-order valence-electron chi connectivity index (χ3n) is 3.31. The van der Waals surface area contributed by atoms with Crippen LogP contribution in [-0.2, 0) is 0 Å². The van der Waals surface area contributed by atoms with Gasteiger partial charge in [-0.3, -0.25) is 0 Å². The van der Waals surface area contributed by atoms with Crippen molar-refractivity contribution in [3.05, 3.63) is 56.5 Å². The molecule has 0 unspecified atom stereocenters. The van der Waals surface area contributed by atoms with Crippen molar-refractivity contribution in [1.29, 1.82) is 0 Å². The van der Waals surface area contributed by atoms with E-state index in [0.29, 0.717) is 31.5 Å². The molecule has 0 spiro atoms. The molecular formula is C16H10BrCl2NO2. The molecule has 0 fully saturated rings. The average Bonchev–Trinajstić information content (AvgIpc) is 2.85. The maximum absolute atomic E-state index is 10.2. The van der Waals surface area contributed by atoms with Crippen LogP contribution in [0, 0.1) is 6.92 Å². The van der Waals surface area contributed by atoms with E-state index in [4.69, 9.17) is 27.7 Å². The van der Waals surface area contributed by atoms with Crippen LogP contribution < -0.4 is 0 Å². The van der Waals surface area contributed by atoms with E-state index in [1.54, 1.807) is 24.3 Å². The number of phenolic OH excluding ortho intramolecular Hbond substituents is 1. The van der Waals surface area contributed by atoms with Gasteiger partial charge in [0.25, 0.3) is 0 Å². The highest BCUT2D eigenvalue weighted by Gasteiger charge is 2.20. The Kier molecular flexibility index (Phi) is 4.17. The molecule has 0 amide bonds. The molecule has 0 aliphatic rings. The minimum Gasteiger partial charge on any atom is -0.506 e. The van der Waals surface area contributed by atoms with Crippen molar-refractivity contribution in [3.63, 3.8) is 0 Å². The van der Waals surface area contributed by atoms with Gasteiger partial charge in [-0.15, -0.1) is 0 Å². The van der Waals surface area contributed by atoms with Gasteiger partial charge in [0.2, 0.25) is 0 Å². The van der Waals surface area contributed by atoms with E-state index in [9.17, 15) is 5.11 Å². The van der Waals surface area contributed by atoms with Crippen LogP contribution in [0.25, 0.3) is 22.6 Å². The summed E-state index contributed by atoms with van der Waals surface area (Å²) in [4.78, 5) is 0. The Labute approximate surface area is 145 Å². The van der Waals surface area contributed by atoms with Crippen molar-refractivity contribution in [2.75, 3.05) is 0 Å². The fraction of sp³-hybridized carbons (Fsp3) is 0.0625. The van der Waals surface area contributed by atoms with Crippen LogP contribution in [0.15, 0.2) is 45.4 Å². The first kappa shape index (κ1) is 15.4. The number of nitrogens with zero attached hydrogens (tertiary/aromatic N) is 1. The molecule has 3 nitrogen and oxygen atoms in total. The van der Waals surface area contributed by atoms with Crippen molar-refractivity contribution in [1.82, 2.24) is 5.16 Å². The van der Waals surface area contributed by atoms with Gasteiger partial charge < -0.3 is 9.63 Å². The molecule has 0 radical (unpaired) electrons. The molecule has 1 N–H and O–H groups in total. The highest BCUT2D eigenvalue weighted by Crippen LogP contribution is 2.41. The molecular weight excluding hydrogens is 389 g/mol. The minimum atomic E-state index is 0.0614. The van der Waals surface area contributed by atoms with E-state index in [0.717, 1.165) is 11.1 Å². The van der Waals surface area contributed by atoms with Crippen LogP contribution in [0.1, 0.15) is 5.56 Å². The first-order chi connectivity index (χ1) is 10.5. The second-order valence-electron chi connectivity index (χ2n) is 4.78. The second kappa shape index (κ2) is 5.95. The molecule has 0 aliphatic heterocycles. The lowest BCUT2D eigenvalue weighted by Gasteiger charge is -2.05. The Morgan fingerprint density at radius 3 is 2.45 bits per heavy atom. The quantitative estimate of drug-likeness (QED) is 0.567. The fourth-order valence-corrected chi connectivity index (χ4v) is 3.14. The van der Waals surface area contributed by atoms with Crippen LogP contribution in [-0.4, -0.2) is 10.3 Å². The first-order valence-electron chi connectivity index (χ1n) is 6.38. The van der Waals surface area contributed by atoms with Gasteiger partial charge in [-0.2, -0.15) is 0 Å². The molecule has 2 aromatic carbocycles. The lowest BCUT2D eigenvalue weighted by molar-refractivity contribution is 0.427. The molecule has 0 bridgehead atoms. The summed E-state index contributed by atoms with van der Waals surface area (Å²) in [5.74, 6) is 0.539. The van der Waals surface area contributed by atoms with Gasteiger partial charge in [-0.1, -0.05) is 40.5 Å². The van der Waals surface area contributed by atoms with E-state index in [2.05, 4.69) is 21.1 Å². The summed E-state index contributed by atoms with van der Waals surface area (Å²) in [7, 11) is 0. The second-order valence-corrected chi connectivity index (χ2v) is 6.50. The number of hydrogen-bond donors (Lipinski definition) is 1. The fourth-order valence-electron chi connectivity index (χ4n) is 2.20. The maximum Gasteiger partial charge on any atom is 0.174 e. The van der Waals surface area contributed by atoms with Gasteiger partial charge in [-0.05, 0) is 47.1 Å². The van der Waals surface area contributed by atoms with E-state index in [1.165, 1.54) is 0 Å². The van der Waals surface area contributed by atoms with Gasteiger partial charge >= 0.3 is 0 Å². The summed E-state index contributed by atoms with van der Waals surface area (Å²) in [6, 6.07) is 10.6. The van der Waals surface area contributed by atoms with Crippen LogP contribution in [0.3, 0.4) is 0 Å². The highest BCUT2D eigenvalue weighted by molar-refractivity contribution is 9.10. The van der Waals surface area contributed by atoms with Crippen molar-refractivity contribution in [2.45, 2.75) is 6.92 Å². The zero-order valence-corrected chi connectivity index (χ0v) is 14.5. The zero-order chi connectivity index (χ0) is 15.9. The Hall–Kier alpha value is -1.49. The summed E-state index contributed by atoms with van der Waals surface area (Å²) in [5.41, 5.74) is 2.89. The van der Waals surface area contributed by atoms with Crippen molar-refractivity contribution in [3.8, 4) is 28.3 Å². The maximum atomic E-state index is 10.2. The molecule has 1 heterocycles. The van der Waals surface area contributed by atoms with Crippen LogP contribution in [0.5, 0.6) is 5.75 Å². The molecule has 3 rings (SSSR count).